The van der Waals surface area contributed by atoms with Crippen molar-refractivity contribution in [1.82, 2.24) is 0 Å². The average Bonchev–Trinajstić information content (AvgIpc) is 2.79. The molecular formula is C23H33NO16. The lowest BCUT2D eigenvalue weighted by Crippen LogP contribution is -2.64. The first-order valence-corrected chi connectivity index (χ1v) is 11.9. The molecule has 0 aromatic rings. The predicted octanol–water partition coefficient (Wildman–Crippen LogP) is -1.40. The molecule has 0 saturated heterocycles. The first kappa shape index (κ1) is 34.2. The number of nitrogens with zero attached hydrogens (tertiary/aromatic N) is 1. The largest absolute Gasteiger partial charge is 0.462 e. The standard InChI is InChI=1S/C23H33NO16/c1-9(25)35-8-17(36-10(2)26)21(38-12(4)28)23(40-14(6)30)20(37-11(3)27)15-7-16(31)19(32)22(39-13(5)29)18(15)24(33)34/h15-23,31-32H,7-8H2,1-6H3/t15-,16+,17-,18+,19+,20-,21-,22+,23-/m1/s1. The minimum atomic E-state index is -2.05. The van der Waals surface area contributed by atoms with E-state index in [1.54, 1.807) is 0 Å². The molecule has 17 nitrogen and oxygen atoms in total. The maximum atomic E-state index is 12.2. The zero-order valence-corrected chi connectivity index (χ0v) is 22.7. The Morgan fingerprint density at radius 3 is 1.70 bits per heavy atom. The molecule has 1 rings (SSSR count). The third-order valence-electron chi connectivity index (χ3n) is 5.68. The molecule has 0 spiro atoms. The normalized spacial score (nSPS) is 25.1. The number of esters is 6. The van der Waals surface area contributed by atoms with Crippen LogP contribution in [0.5, 0.6) is 0 Å². The second-order valence-electron chi connectivity index (χ2n) is 8.98. The lowest BCUT2D eigenvalue weighted by atomic mass is 9.74. The molecule has 1 fully saturated rings. The summed E-state index contributed by atoms with van der Waals surface area (Å²) in [6.45, 7) is 4.86. The molecule has 1 aliphatic rings. The number of ether oxygens (including phenoxy) is 6. The summed E-state index contributed by atoms with van der Waals surface area (Å²) in [6, 6.07) is -2.05. The SMILES string of the molecule is CC(=O)OC[C@@H](OC(C)=O)[C@@H](OC(C)=O)[C@H](OC(C)=O)[C@H](OC(C)=O)[C@@H]1C[C@H](O)[C@H](O)[C@@H](OC(C)=O)[C@H]1[N+](=O)[O-]. The van der Waals surface area contributed by atoms with Gasteiger partial charge in [-0.3, -0.25) is 38.9 Å². The van der Waals surface area contributed by atoms with Gasteiger partial charge in [-0.05, 0) is 6.42 Å². The summed E-state index contributed by atoms with van der Waals surface area (Å²) in [6.07, 6.45) is -13.8. The summed E-state index contributed by atoms with van der Waals surface area (Å²) in [4.78, 5) is 82.7. The van der Waals surface area contributed by atoms with Crippen LogP contribution < -0.4 is 0 Å². The van der Waals surface area contributed by atoms with Crippen LogP contribution in [-0.4, -0.2) is 106 Å². The van der Waals surface area contributed by atoms with Crippen molar-refractivity contribution >= 4 is 35.8 Å². The van der Waals surface area contributed by atoms with Crippen molar-refractivity contribution < 1.29 is 72.3 Å². The topological polar surface area (TPSA) is 241 Å². The summed E-state index contributed by atoms with van der Waals surface area (Å²) in [5, 5.41) is 33.1. The number of nitro groups is 1. The molecule has 0 heterocycles. The van der Waals surface area contributed by atoms with Crippen LogP contribution >= 0.6 is 0 Å². The fourth-order valence-electron chi connectivity index (χ4n) is 4.42. The smallest absolute Gasteiger partial charge is 0.303 e. The van der Waals surface area contributed by atoms with Crippen LogP contribution in [0.25, 0.3) is 0 Å². The van der Waals surface area contributed by atoms with Gasteiger partial charge in [-0.25, -0.2) is 0 Å². The van der Waals surface area contributed by atoms with Crippen LogP contribution in [0.4, 0.5) is 0 Å². The Morgan fingerprint density at radius 2 is 1.27 bits per heavy atom. The number of aliphatic hydroxyl groups excluding tert-OH is 2. The highest BCUT2D eigenvalue weighted by Gasteiger charge is 2.59. The maximum Gasteiger partial charge on any atom is 0.303 e. The van der Waals surface area contributed by atoms with Gasteiger partial charge in [0.05, 0.1) is 12.0 Å². The highest BCUT2D eigenvalue weighted by atomic mass is 16.7. The number of hydrogen-bond acceptors (Lipinski definition) is 16. The van der Waals surface area contributed by atoms with Crippen molar-refractivity contribution in [2.45, 2.75) is 96.7 Å². The van der Waals surface area contributed by atoms with E-state index in [2.05, 4.69) is 0 Å². The van der Waals surface area contributed by atoms with Gasteiger partial charge in [0.1, 0.15) is 12.7 Å². The highest BCUT2D eigenvalue weighted by molar-refractivity contribution is 5.69. The molecule has 0 aromatic heterocycles. The predicted molar refractivity (Wildman–Crippen MR) is 125 cm³/mol. The van der Waals surface area contributed by atoms with Crippen LogP contribution in [-0.2, 0) is 57.2 Å². The van der Waals surface area contributed by atoms with Gasteiger partial charge in [0.2, 0.25) is 0 Å². The molecule has 2 N–H and O–H groups in total. The number of aliphatic hydroxyl groups is 2. The molecule has 0 aliphatic heterocycles. The van der Waals surface area contributed by atoms with Gasteiger partial charge in [0.25, 0.3) is 6.04 Å². The average molecular weight is 580 g/mol. The Labute approximate surface area is 228 Å². The summed E-state index contributed by atoms with van der Waals surface area (Å²) in [7, 11) is 0. The van der Waals surface area contributed by atoms with E-state index in [9.17, 15) is 49.1 Å². The fourth-order valence-corrected chi connectivity index (χ4v) is 4.42. The van der Waals surface area contributed by atoms with Crippen molar-refractivity contribution in [2.75, 3.05) is 6.61 Å². The van der Waals surface area contributed by atoms with E-state index < -0.39 is 108 Å². The van der Waals surface area contributed by atoms with Gasteiger partial charge in [-0.1, -0.05) is 0 Å². The van der Waals surface area contributed by atoms with Crippen molar-refractivity contribution in [2.24, 2.45) is 5.92 Å². The second kappa shape index (κ2) is 15.1. The molecule has 1 saturated carbocycles. The third-order valence-corrected chi connectivity index (χ3v) is 5.68. The van der Waals surface area contributed by atoms with E-state index in [0.29, 0.717) is 0 Å². The quantitative estimate of drug-likeness (QED) is 0.117. The monoisotopic (exact) mass is 579 g/mol. The molecule has 9 atom stereocenters. The van der Waals surface area contributed by atoms with Gasteiger partial charge in [0.15, 0.2) is 30.5 Å². The zero-order chi connectivity index (χ0) is 30.9. The van der Waals surface area contributed by atoms with Crippen LogP contribution in [0.2, 0.25) is 0 Å². The van der Waals surface area contributed by atoms with Gasteiger partial charge in [-0.2, -0.15) is 0 Å². The lowest BCUT2D eigenvalue weighted by Gasteiger charge is -2.43. The van der Waals surface area contributed by atoms with E-state index in [4.69, 9.17) is 28.4 Å². The summed E-state index contributed by atoms with van der Waals surface area (Å²) < 4.78 is 30.8. The third kappa shape index (κ3) is 10.0. The van der Waals surface area contributed by atoms with Crippen molar-refractivity contribution in [3.8, 4) is 0 Å². The van der Waals surface area contributed by atoms with Crippen molar-refractivity contribution in [3.63, 3.8) is 0 Å². The first-order valence-electron chi connectivity index (χ1n) is 11.9. The maximum absolute atomic E-state index is 12.2. The van der Waals surface area contributed by atoms with E-state index in [1.165, 1.54) is 0 Å². The molecule has 0 amide bonds. The molecule has 0 aromatic carbocycles. The molecule has 17 heteroatoms. The molecule has 226 valence electrons. The number of carbonyl (C=O) groups excluding carboxylic acids is 6. The Kier molecular flexibility index (Phi) is 12.9. The molecular weight excluding hydrogens is 546 g/mol. The van der Waals surface area contributed by atoms with E-state index in [0.717, 1.165) is 41.5 Å². The molecule has 0 radical (unpaired) electrons. The highest BCUT2D eigenvalue weighted by Crippen LogP contribution is 2.37. The molecule has 0 bridgehead atoms. The lowest BCUT2D eigenvalue weighted by molar-refractivity contribution is -0.554. The van der Waals surface area contributed by atoms with Gasteiger partial charge in [-0.15, -0.1) is 0 Å². The molecule has 1 aliphatic carbocycles. The minimum Gasteiger partial charge on any atom is -0.462 e. The Hall–Kier alpha value is -3.86. The van der Waals surface area contributed by atoms with Crippen LogP contribution in [0.15, 0.2) is 0 Å². The summed E-state index contributed by atoms with van der Waals surface area (Å²) in [5.74, 6) is -7.69. The summed E-state index contributed by atoms with van der Waals surface area (Å²) >= 11 is 0. The van der Waals surface area contributed by atoms with Crippen LogP contribution in [0.1, 0.15) is 48.0 Å². The van der Waals surface area contributed by atoms with E-state index in [-0.39, 0.29) is 0 Å². The molecule has 0 unspecified atom stereocenters. The Bertz CT molecular complexity index is 982. The number of rotatable bonds is 12. The molecule has 40 heavy (non-hydrogen) atoms. The van der Waals surface area contributed by atoms with Gasteiger partial charge in [0, 0.05) is 46.5 Å². The van der Waals surface area contributed by atoms with Gasteiger partial charge >= 0.3 is 35.8 Å². The zero-order valence-electron chi connectivity index (χ0n) is 22.7. The van der Waals surface area contributed by atoms with Crippen molar-refractivity contribution in [3.05, 3.63) is 10.1 Å². The van der Waals surface area contributed by atoms with Crippen molar-refractivity contribution in [1.29, 1.82) is 0 Å². The minimum absolute atomic E-state index is 0.657. The van der Waals surface area contributed by atoms with Crippen LogP contribution in [0, 0.1) is 16.0 Å². The summed E-state index contributed by atoms with van der Waals surface area (Å²) in [5.41, 5.74) is 0. The Morgan fingerprint density at radius 1 is 0.775 bits per heavy atom. The van der Waals surface area contributed by atoms with Gasteiger partial charge < -0.3 is 38.6 Å². The second-order valence-corrected chi connectivity index (χ2v) is 8.98. The Balaban J connectivity index is 3.86. The number of carbonyl (C=O) groups is 6. The van der Waals surface area contributed by atoms with Crippen LogP contribution in [0.3, 0.4) is 0 Å². The van der Waals surface area contributed by atoms with E-state index >= 15 is 0 Å². The van der Waals surface area contributed by atoms with E-state index in [1.807, 2.05) is 0 Å². The number of hydrogen-bond donors (Lipinski definition) is 2. The fraction of sp³-hybridized carbons (Fsp3) is 0.739. The first-order chi connectivity index (χ1) is 18.5.